The third-order valence-electron chi connectivity index (χ3n) is 8.08. The average molecular weight is 438 g/mol. The van der Waals surface area contributed by atoms with Crippen LogP contribution in [-0.2, 0) is 16.0 Å². The number of rotatable bonds is 4. The number of nitrogens with two attached hydrogens (primary N) is 1. The van der Waals surface area contributed by atoms with Crippen molar-refractivity contribution in [2.75, 3.05) is 13.1 Å². The second-order valence-electron chi connectivity index (χ2n) is 9.84. The van der Waals surface area contributed by atoms with Gasteiger partial charge in [0.05, 0.1) is 24.2 Å². The SMILES string of the molecule is N#CC1C[C@@H]2C[C@@H]2N1C(=O)C(N)CN1CC2C[C@H]1C(=O)N2[C@H]1CCc2cc(S)ccc21. The Balaban J connectivity index is 1.13. The molecule has 3 unspecified atom stereocenters. The number of carbonyl (C=O) groups is 2. The molecule has 2 amide bonds. The molecule has 1 aromatic rings. The second kappa shape index (κ2) is 6.96. The van der Waals surface area contributed by atoms with E-state index in [4.69, 9.17) is 5.73 Å². The largest absolute Gasteiger partial charge is 0.330 e. The van der Waals surface area contributed by atoms with Crippen LogP contribution in [0.4, 0.5) is 0 Å². The van der Waals surface area contributed by atoms with Crippen molar-refractivity contribution in [1.82, 2.24) is 14.7 Å². The van der Waals surface area contributed by atoms with Crippen molar-refractivity contribution in [1.29, 1.82) is 5.26 Å². The molecular formula is C23H27N5O2S. The molecular weight excluding hydrogens is 410 g/mol. The summed E-state index contributed by atoms with van der Waals surface area (Å²) in [6.45, 7) is 1.15. The number of carbonyl (C=O) groups excluding carboxylic acids is 2. The van der Waals surface area contributed by atoms with Gasteiger partial charge in [-0.05, 0) is 61.3 Å². The number of hydrogen-bond acceptors (Lipinski definition) is 6. The Labute approximate surface area is 187 Å². The predicted octanol–water partition coefficient (Wildman–Crippen LogP) is 1.09. The molecule has 1 saturated carbocycles. The van der Waals surface area contributed by atoms with E-state index in [1.54, 1.807) is 4.90 Å². The maximum absolute atomic E-state index is 13.3. The van der Waals surface area contributed by atoms with E-state index in [2.05, 4.69) is 40.6 Å². The van der Waals surface area contributed by atoms with Crippen LogP contribution >= 0.6 is 12.6 Å². The van der Waals surface area contributed by atoms with E-state index in [1.807, 2.05) is 6.07 Å². The minimum Gasteiger partial charge on any atom is -0.330 e. The van der Waals surface area contributed by atoms with E-state index in [-0.39, 0.29) is 42.0 Å². The summed E-state index contributed by atoms with van der Waals surface area (Å²) < 4.78 is 0. The number of hydrogen-bond donors (Lipinski definition) is 2. The molecule has 5 aliphatic rings. The van der Waals surface area contributed by atoms with Crippen molar-refractivity contribution in [2.45, 2.75) is 73.3 Å². The molecule has 0 aromatic heterocycles. The van der Waals surface area contributed by atoms with Crippen LogP contribution in [0.15, 0.2) is 23.1 Å². The molecule has 2 N–H and O–H groups in total. The highest BCUT2D eigenvalue weighted by molar-refractivity contribution is 7.80. The summed E-state index contributed by atoms with van der Waals surface area (Å²) in [7, 11) is 0. The summed E-state index contributed by atoms with van der Waals surface area (Å²) in [5.41, 5.74) is 8.87. The molecule has 7 atom stereocenters. The molecule has 3 heterocycles. The van der Waals surface area contributed by atoms with Crippen molar-refractivity contribution in [3.63, 3.8) is 0 Å². The highest BCUT2D eigenvalue weighted by Gasteiger charge is 2.56. The van der Waals surface area contributed by atoms with Crippen LogP contribution in [0.2, 0.25) is 0 Å². The Hall–Kier alpha value is -2.08. The number of benzene rings is 1. The Bertz CT molecular complexity index is 1010. The number of nitrogens with zero attached hydrogens (tertiary/aromatic N) is 4. The molecule has 8 heteroatoms. The summed E-state index contributed by atoms with van der Waals surface area (Å²) in [4.78, 5) is 33.2. The first-order valence-electron chi connectivity index (χ1n) is 11.3. The fourth-order valence-corrected chi connectivity index (χ4v) is 6.81. The smallest absolute Gasteiger partial charge is 0.242 e. The van der Waals surface area contributed by atoms with Crippen molar-refractivity contribution in [2.24, 2.45) is 11.7 Å². The van der Waals surface area contributed by atoms with E-state index >= 15 is 0 Å². The molecule has 1 aromatic carbocycles. The number of thiol groups is 1. The van der Waals surface area contributed by atoms with Gasteiger partial charge in [0.25, 0.3) is 0 Å². The van der Waals surface area contributed by atoms with Gasteiger partial charge in [0.15, 0.2) is 0 Å². The number of aryl methyl sites for hydroxylation is 1. The maximum Gasteiger partial charge on any atom is 0.242 e. The van der Waals surface area contributed by atoms with Crippen LogP contribution in [0.25, 0.3) is 0 Å². The van der Waals surface area contributed by atoms with Crippen LogP contribution < -0.4 is 5.73 Å². The lowest BCUT2D eigenvalue weighted by atomic mass is 10.1. The minimum atomic E-state index is -0.684. The zero-order valence-electron chi connectivity index (χ0n) is 17.4. The zero-order valence-corrected chi connectivity index (χ0v) is 18.2. The Morgan fingerprint density at radius 1 is 1.29 bits per heavy atom. The molecule has 162 valence electrons. The Morgan fingerprint density at radius 3 is 2.90 bits per heavy atom. The van der Waals surface area contributed by atoms with Gasteiger partial charge in [-0.15, -0.1) is 12.6 Å². The molecule has 2 bridgehead atoms. The third kappa shape index (κ3) is 2.94. The standard InChI is InChI=1S/C23H27N5O2S/c24-9-14-5-13-7-20(13)27(14)22(29)18(25)11-26-10-15-8-21(26)23(30)28(15)19-4-1-12-6-16(31)2-3-17(12)19/h2-3,6,13-15,18-21,31H,1,4-5,7-8,10-11,25H2/t13-,14?,15?,18?,19+,20+,21+/m1/s1. The number of amides is 2. The number of fused-ring (bicyclic) bond motifs is 4. The van der Waals surface area contributed by atoms with Gasteiger partial charge in [-0.25, -0.2) is 0 Å². The third-order valence-corrected chi connectivity index (χ3v) is 8.36. The summed E-state index contributed by atoms with van der Waals surface area (Å²) in [6, 6.07) is 7.83. The van der Waals surface area contributed by atoms with Gasteiger partial charge in [-0.1, -0.05) is 6.07 Å². The first kappa shape index (κ1) is 19.6. The molecule has 2 aliphatic carbocycles. The number of nitriles is 1. The van der Waals surface area contributed by atoms with Crippen molar-refractivity contribution >= 4 is 24.4 Å². The van der Waals surface area contributed by atoms with Crippen LogP contribution in [0.3, 0.4) is 0 Å². The van der Waals surface area contributed by atoms with Gasteiger partial charge >= 0.3 is 0 Å². The second-order valence-corrected chi connectivity index (χ2v) is 10.4. The van der Waals surface area contributed by atoms with Gasteiger partial charge in [-0.3, -0.25) is 14.5 Å². The maximum atomic E-state index is 13.3. The number of likely N-dealkylation sites (tertiary alicyclic amines) is 3. The summed E-state index contributed by atoms with van der Waals surface area (Å²) in [5.74, 6) is 0.518. The first-order chi connectivity index (χ1) is 15.0. The van der Waals surface area contributed by atoms with Crippen LogP contribution in [0.5, 0.6) is 0 Å². The van der Waals surface area contributed by atoms with Crippen LogP contribution in [-0.4, -0.2) is 69.8 Å². The number of piperazine rings is 1. The molecule has 7 nitrogen and oxygen atoms in total. The van der Waals surface area contributed by atoms with Gasteiger partial charge in [0.1, 0.15) is 6.04 Å². The van der Waals surface area contributed by atoms with Gasteiger partial charge in [0, 0.05) is 30.1 Å². The Kier molecular flexibility index (Phi) is 4.40. The predicted molar refractivity (Wildman–Crippen MR) is 116 cm³/mol. The fourth-order valence-electron chi connectivity index (χ4n) is 6.58. The van der Waals surface area contributed by atoms with Crippen molar-refractivity contribution in [3.05, 3.63) is 29.3 Å². The van der Waals surface area contributed by atoms with Gasteiger partial charge in [0.2, 0.25) is 11.8 Å². The van der Waals surface area contributed by atoms with E-state index in [0.29, 0.717) is 12.5 Å². The van der Waals surface area contributed by atoms with Crippen LogP contribution in [0, 0.1) is 17.2 Å². The molecule has 4 fully saturated rings. The van der Waals surface area contributed by atoms with Crippen LogP contribution in [0.1, 0.15) is 42.9 Å². The van der Waals surface area contributed by atoms with Gasteiger partial charge < -0.3 is 15.5 Å². The van der Waals surface area contributed by atoms with E-state index in [1.165, 1.54) is 11.1 Å². The molecule has 0 radical (unpaired) electrons. The lowest BCUT2D eigenvalue weighted by molar-refractivity contribution is -0.141. The zero-order chi connectivity index (χ0) is 21.4. The summed E-state index contributed by atoms with van der Waals surface area (Å²) in [6.07, 6.45) is 4.53. The van der Waals surface area contributed by atoms with E-state index in [9.17, 15) is 14.9 Å². The number of piperidine rings is 1. The summed E-state index contributed by atoms with van der Waals surface area (Å²) in [5, 5.41) is 9.38. The van der Waals surface area contributed by atoms with Crippen molar-refractivity contribution in [3.8, 4) is 6.07 Å². The molecule has 3 saturated heterocycles. The topological polar surface area (TPSA) is 93.7 Å². The summed E-state index contributed by atoms with van der Waals surface area (Å²) >= 11 is 4.45. The lowest BCUT2D eigenvalue weighted by Gasteiger charge is -2.38. The average Bonchev–Trinajstić information content (AvgIpc) is 3.08. The molecule has 3 aliphatic heterocycles. The Morgan fingerprint density at radius 2 is 2.13 bits per heavy atom. The van der Waals surface area contributed by atoms with E-state index < -0.39 is 6.04 Å². The van der Waals surface area contributed by atoms with Crippen molar-refractivity contribution < 1.29 is 9.59 Å². The lowest BCUT2D eigenvalue weighted by Crippen LogP contribution is -2.57. The minimum absolute atomic E-state index is 0.129. The highest BCUT2D eigenvalue weighted by atomic mass is 32.1. The quantitative estimate of drug-likeness (QED) is 0.688. The molecule has 0 spiro atoms. The monoisotopic (exact) mass is 437 g/mol. The van der Waals surface area contributed by atoms with Gasteiger partial charge in [-0.2, -0.15) is 5.26 Å². The highest BCUT2D eigenvalue weighted by Crippen LogP contribution is 2.48. The molecule has 31 heavy (non-hydrogen) atoms. The van der Waals surface area contributed by atoms with E-state index in [0.717, 1.165) is 43.5 Å². The molecule has 6 rings (SSSR count). The fraction of sp³-hybridized carbons (Fsp3) is 0.609. The first-order valence-corrected chi connectivity index (χ1v) is 11.8. The normalized spacial score (nSPS) is 36.5.